The van der Waals surface area contributed by atoms with Crippen molar-refractivity contribution in [2.45, 2.75) is 64.8 Å². The van der Waals surface area contributed by atoms with Crippen molar-refractivity contribution in [3.05, 3.63) is 40.3 Å². The van der Waals surface area contributed by atoms with Crippen LogP contribution >= 0.6 is 24.0 Å². The molecule has 6 nitrogen and oxygen atoms in total. The van der Waals surface area contributed by atoms with Crippen LogP contribution in [0, 0.1) is 12.8 Å². The van der Waals surface area contributed by atoms with Crippen LogP contribution in [0.3, 0.4) is 0 Å². The number of esters is 1. The molecule has 0 N–H and O–H groups in total. The molecule has 190 valence electrons. The molecule has 0 bridgehead atoms. The molecule has 0 atom stereocenters. The first kappa shape index (κ1) is 25.2. The summed E-state index contributed by atoms with van der Waals surface area (Å²) < 4.78 is 5.91. The lowest BCUT2D eigenvalue weighted by atomic mass is 9.94. The Hall–Kier alpha value is -2.45. The van der Waals surface area contributed by atoms with Crippen LogP contribution in [0.2, 0.25) is 0 Å². The first-order chi connectivity index (χ1) is 17.4. The van der Waals surface area contributed by atoms with Gasteiger partial charge in [0.1, 0.15) is 10.1 Å². The minimum Gasteiger partial charge on any atom is -0.466 e. The summed E-state index contributed by atoms with van der Waals surface area (Å²) in [5, 5.41) is 1.05. The standard InChI is InChI=1S/C28H33N3O3S2/c1-3-34-27(33)19-11-13-30(14-12-19)25-21(16-20-15-18(2)9-10-23(20)29-25)17-24-26(32)31(28(35)36-24)22-7-5-4-6-8-22/h9-10,15-17,19,22H,3-8,11-14H2,1-2H3/b24-17-. The molecule has 0 unspecified atom stereocenters. The highest BCUT2D eigenvalue weighted by molar-refractivity contribution is 8.26. The van der Waals surface area contributed by atoms with Crippen molar-refractivity contribution in [2.24, 2.45) is 5.92 Å². The van der Waals surface area contributed by atoms with Gasteiger partial charge in [0.25, 0.3) is 5.91 Å². The maximum atomic E-state index is 13.5. The molecule has 1 aromatic heterocycles. The van der Waals surface area contributed by atoms with E-state index in [0.29, 0.717) is 15.8 Å². The van der Waals surface area contributed by atoms with E-state index in [2.05, 4.69) is 30.0 Å². The molecule has 3 aliphatic rings. The number of thioether (sulfide) groups is 1. The molecule has 0 radical (unpaired) electrons. The maximum Gasteiger partial charge on any atom is 0.309 e. The van der Waals surface area contributed by atoms with Crippen LogP contribution in [0.25, 0.3) is 17.0 Å². The van der Waals surface area contributed by atoms with Crippen molar-refractivity contribution in [3.8, 4) is 0 Å². The number of amides is 1. The Balaban J connectivity index is 1.46. The Bertz CT molecular complexity index is 1210. The lowest BCUT2D eigenvalue weighted by Crippen LogP contribution is -2.39. The molecule has 0 spiro atoms. The highest BCUT2D eigenvalue weighted by Crippen LogP contribution is 2.39. The normalized spacial score (nSPS) is 21.1. The van der Waals surface area contributed by atoms with E-state index < -0.39 is 0 Å². The number of thiocarbonyl (C=S) groups is 1. The van der Waals surface area contributed by atoms with Crippen LogP contribution in [0.5, 0.6) is 0 Å². The number of hydrogen-bond donors (Lipinski definition) is 0. The average molecular weight is 524 g/mol. The second-order valence-electron chi connectivity index (χ2n) is 9.95. The number of carbonyl (C=O) groups is 2. The molecule has 5 rings (SSSR count). The first-order valence-electron chi connectivity index (χ1n) is 13.0. The van der Waals surface area contributed by atoms with Crippen molar-refractivity contribution >= 4 is 63.0 Å². The zero-order valence-electron chi connectivity index (χ0n) is 21.0. The van der Waals surface area contributed by atoms with E-state index in [1.54, 1.807) is 0 Å². The predicted octanol–water partition coefficient (Wildman–Crippen LogP) is 5.86. The number of nitrogens with zero attached hydrogens (tertiary/aromatic N) is 3. The fraction of sp³-hybridized carbons (Fsp3) is 0.500. The highest BCUT2D eigenvalue weighted by atomic mass is 32.2. The largest absolute Gasteiger partial charge is 0.466 e. The lowest BCUT2D eigenvalue weighted by Gasteiger charge is -2.33. The third kappa shape index (κ3) is 5.16. The number of piperidine rings is 1. The van der Waals surface area contributed by atoms with E-state index in [9.17, 15) is 9.59 Å². The van der Waals surface area contributed by atoms with Gasteiger partial charge in [-0.15, -0.1) is 0 Å². The molecular formula is C28H33N3O3S2. The van der Waals surface area contributed by atoms with Crippen LogP contribution < -0.4 is 4.90 Å². The molecule has 2 aliphatic heterocycles. The van der Waals surface area contributed by atoms with Gasteiger partial charge in [-0.3, -0.25) is 14.5 Å². The van der Waals surface area contributed by atoms with Gasteiger partial charge in [-0.1, -0.05) is 54.9 Å². The third-order valence-electron chi connectivity index (χ3n) is 7.44. The topological polar surface area (TPSA) is 62.7 Å². The van der Waals surface area contributed by atoms with Crippen molar-refractivity contribution in [1.29, 1.82) is 0 Å². The summed E-state index contributed by atoms with van der Waals surface area (Å²) in [5.74, 6) is 0.704. The van der Waals surface area contributed by atoms with Gasteiger partial charge in [0, 0.05) is 30.1 Å². The van der Waals surface area contributed by atoms with Crippen LogP contribution in [0.15, 0.2) is 29.2 Å². The van der Waals surface area contributed by atoms with Gasteiger partial charge < -0.3 is 9.64 Å². The Morgan fingerprint density at radius 2 is 1.92 bits per heavy atom. The smallest absolute Gasteiger partial charge is 0.309 e. The quantitative estimate of drug-likeness (QED) is 0.276. The number of aromatic nitrogens is 1. The minimum absolute atomic E-state index is 0.0215. The number of rotatable bonds is 5. The Labute approximate surface area is 222 Å². The fourth-order valence-electron chi connectivity index (χ4n) is 5.52. The monoisotopic (exact) mass is 523 g/mol. The van der Waals surface area contributed by atoms with Crippen LogP contribution in [0.1, 0.15) is 63.0 Å². The molecule has 36 heavy (non-hydrogen) atoms. The van der Waals surface area contributed by atoms with E-state index in [4.69, 9.17) is 21.9 Å². The van der Waals surface area contributed by atoms with Crippen molar-refractivity contribution in [2.75, 3.05) is 24.6 Å². The van der Waals surface area contributed by atoms with Crippen LogP contribution in [-0.2, 0) is 14.3 Å². The summed E-state index contributed by atoms with van der Waals surface area (Å²) in [6.45, 7) is 5.77. The van der Waals surface area contributed by atoms with Crippen LogP contribution in [-0.4, -0.2) is 51.8 Å². The highest BCUT2D eigenvalue weighted by Gasteiger charge is 2.38. The molecular weight excluding hydrogens is 490 g/mol. The number of hydrogen-bond acceptors (Lipinski definition) is 7. The minimum atomic E-state index is -0.106. The Kier molecular flexibility index (Phi) is 7.62. The zero-order chi connectivity index (χ0) is 25.2. The second kappa shape index (κ2) is 10.9. The molecule has 1 saturated carbocycles. The van der Waals surface area contributed by atoms with Gasteiger partial charge >= 0.3 is 5.97 Å². The van der Waals surface area contributed by atoms with E-state index in [-0.39, 0.29) is 23.8 Å². The molecule has 3 fully saturated rings. The average Bonchev–Trinajstić information content (AvgIpc) is 3.16. The zero-order valence-corrected chi connectivity index (χ0v) is 22.6. The lowest BCUT2D eigenvalue weighted by molar-refractivity contribution is -0.148. The maximum absolute atomic E-state index is 13.5. The fourth-order valence-corrected chi connectivity index (χ4v) is 6.92. The first-order valence-corrected chi connectivity index (χ1v) is 14.3. The van der Waals surface area contributed by atoms with Crippen LogP contribution in [0.4, 0.5) is 5.82 Å². The third-order valence-corrected chi connectivity index (χ3v) is 8.77. The summed E-state index contributed by atoms with van der Waals surface area (Å²) in [4.78, 5) is 35.5. The number of aryl methyl sites for hydroxylation is 1. The van der Waals surface area contributed by atoms with Gasteiger partial charge in [-0.05, 0) is 63.8 Å². The Morgan fingerprint density at radius 3 is 2.64 bits per heavy atom. The van der Waals surface area contributed by atoms with Crippen molar-refractivity contribution in [3.63, 3.8) is 0 Å². The van der Waals surface area contributed by atoms with E-state index in [0.717, 1.165) is 73.9 Å². The summed E-state index contributed by atoms with van der Waals surface area (Å²) in [6, 6.07) is 8.60. The number of fused-ring (bicyclic) bond motifs is 1. The van der Waals surface area contributed by atoms with E-state index in [1.165, 1.54) is 23.7 Å². The molecule has 8 heteroatoms. The van der Waals surface area contributed by atoms with Gasteiger partial charge in [0.15, 0.2) is 0 Å². The number of benzene rings is 1. The molecule has 1 amide bonds. The molecule has 2 aromatic rings. The summed E-state index contributed by atoms with van der Waals surface area (Å²) in [5.41, 5.74) is 3.02. The van der Waals surface area contributed by atoms with Crippen molar-refractivity contribution < 1.29 is 14.3 Å². The molecule has 1 aliphatic carbocycles. The Morgan fingerprint density at radius 1 is 1.17 bits per heavy atom. The SMILES string of the molecule is CCOC(=O)C1CCN(c2nc3ccc(C)cc3cc2/C=C2\SC(=S)N(C3CCCCC3)C2=O)CC1. The summed E-state index contributed by atoms with van der Waals surface area (Å²) in [6.07, 6.45) is 9.03. The van der Waals surface area contributed by atoms with E-state index in [1.807, 2.05) is 24.0 Å². The predicted molar refractivity (Wildman–Crippen MR) is 150 cm³/mol. The van der Waals surface area contributed by atoms with Gasteiger partial charge in [0.05, 0.1) is 22.9 Å². The number of anilines is 1. The summed E-state index contributed by atoms with van der Waals surface area (Å²) >= 11 is 7.07. The van der Waals surface area contributed by atoms with Gasteiger partial charge in [0.2, 0.25) is 0 Å². The molecule has 3 heterocycles. The number of carbonyl (C=O) groups excluding carboxylic acids is 2. The summed E-state index contributed by atoms with van der Waals surface area (Å²) in [7, 11) is 0. The molecule has 2 saturated heterocycles. The van der Waals surface area contributed by atoms with Gasteiger partial charge in [-0.25, -0.2) is 4.98 Å². The van der Waals surface area contributed by atoms with Gasteiger partial charge in [-0.2, -0.15) is 0 Å². The molecule has 1 aromatic carbocycles. The van der Waals surface area contributed by atoms with Crippen molar-refractivity contribution in [1.82, 2.24) is 9.88 Å². The second-order valence-corrected chi connectivity index (χ2v) is 11.6. The van der Waals surface area contributed by atoms with E-state index >= 15 is 0 Å². The number of pyridine rings is 1. The number of ether oxygens (including phenoxy) is 1.